The van der Waals surface area contributed by atoms with Crippen molar-refractivity contribution in [2.45, 2.75) is 38.1 Å². The summed E-state index contributed by atoms with van der Waals surface area (Å²) in [6, 6.07) is 4.09. The average Bonchev–Trinajstić information content (AvgIpc) is 2.88. The van der Waals surface area contributed by atoms with Crippen molar-refractivity contribution < 1.29 is 0 Å². The molecule has 0 saturated heterocycles. The molecule has 1 saturated carbocycles. The zero-order valence-corrected chi connectivity index (χ0v) is 13.9. The van der Waals surface area contributed by atoms with Crippen LogP contribution in [-0.2, 0) is 6.54 Å². The van der Waals surface area contributed by atoms with Crippen molar-refractivity contribution in [3.8, 4) is 0 Å². The van der Waals surface area contributed by atoms with Gasteiger partial charge in [-0.15, -0.1) is 23.2 Å². The van der Waals surface area contributed by atoms with Crippen LogP contribution in [-0.4, -0.2) is 13.5 Å². The van der Waals surface area contributed by atoms with Gasteiger partial charge in [0.05, 0.1) is 11.0 Å². The molecule has 3 rings (SSSR count). The Balaban J connectivity index is 2.23. The van der Waals surface area contributed by atoms with Crippen LogP contribution in [0.3, 0.4) is 0 Å². The van der Waals surface area contributed by atoms with Crippen LogP contribution in [0.5, 0.6) is 0 Å². The lowest BCUT2D eigenvalue weighted by atomic mass is 10.1. The molecule has 1 atom stereocenters. The molecule has 0 N–H and O–H groups in total. The second-order valence-electron chi connectivity index (χ2n) is 6.05. The monoisotopic (exact) mass is 324 g/mol. The number of hydrogen-bond acceptors (Lipinski definition) is 1. The fraction of sp³-hybridized carbons (Fsp3) is 0.438. The van der Waals surface area contributed by atoms with Crippen LogP contribution in [0.15, 0.2) is 23.5 Å². The van der Waals surface area contributed by atoms with E-state index in [4.69, 9.17) is 23.2 Å². The third-order valence-electron chi connectivity index (χ3n) is 4.29. The third-order valence-corrected chi connectivity index (χ3v) is 5.21. The van der Waals surface area contributed by atoms with Crippen molar-refractivity contribution in [1.29, 1.82) is 0 Å². The number of imidazole rings is 1. The van der Waals surface area contributed by atoms with Gasteiger partial charge in [-0.05, 0) is 50.5 Å². The molecule has 112 valence electrons. The van der Waals surface area contributed by atoms with E-state index in [1.807, 2.05) is 26.8 Å². The van der Waals surface area contributed by atoms with Crippen molar-refractivity contribution in [2.24, 2.45) is 5.92 Å². The van der Waals surface area contributed by atoms with Gasteiger partial charge in [-0.3, -0.25) is 9.13 Å². The van der Waals surface area contributed by atoms with E-state index in [1.54, 1.807) is 9.13 Å². The molecule has 5 heteroatoms. The largest absolute Gasteiger partial charge is 0.333 e. The van der Waals surface area contributed by atoms with Crippen LogP contribution >= 0.6 is 23.2 Å². The van der Waals surface area contributed by atoms with E-state index < -0.39 is 4.33 Å². The Hall–Kier alpha value is -1.19. The molecule has 1 aromatic heterocycles. The molecule has 1 unspecified atom stereocenters. The molecule has 0 radical (unpaired) electrons. The molecule has 3 nitrogen and oxygen atoms in total. The lowest BCUT2D eigenvalue weighted by Crippen LogP contribution is -2.24. The molecule has 1 fully saturated rings. The summed E-state index contributed by atoms with van der Waals surface area (Å²) < 4.78 is 2.75. The van der Waals surface area contributed by atoms with E-state index in [9.17, 15) is 4.79 Å². The predicted octanol–water partition coefficient (Wildman–Crippen LogP) is 4.10. The SMILES string of the molecule is C=C(C)n1c(=O)n(CC2CC2(Cl)Cl)c2cc(C)c(C)cc21. The Labute approximate surface area is 133 Å². The highest BCUT2D eigenvalue weighted by atomic mass is 35.5. The first-order valence-electron chi connectivity index (χ1n) is 6.98. The standard InChI is InChI=1S/C16H18Cl2N2O/c1-9(2)20-14-6-11(4)10(3)5-13(14)19(15(20)21)8-12-7-16(12,17)18/h5-6,12H,1,7-8H2,2-4H3. The quantitative estimate of drug-likeness (QED) is 0.781. The van der Waals surface area contributed by atoms with Crippen LogP contribution in [0.2, 0.25) is 0 Å². The smallest absolute Gasteiger partial charge is 0.291 e. The summed E-state index contributed by atoms with van der Waals surface area (Å²) in [6.07, 6.45) is 0.729. The van der Waals surface area contributed by atoms with Gasteiger partial charge < -0.3 is 0 Å². The Morgan fingerprint density at radius 1 is 1.33 bits per heavy atom. The molecule has 0 amide bonds. The van der Waals surface area contributed by atoms with Gasteiger partial charge in [0.1, 0.15) is 4.33 Å². The number of rotatable bonds is 3. The highest BCUT2D eigenvalue weighted by Gasteiger charge is 2.51. The fourth-order valence-corrected chi connectivity index (χ4v) is 3.25. The minimum absolute atomic E-state index is 0.0708. The van der Waals surface area contributed by atoms with Crippen LogP contribution in [0.4, 0.5) is 0 Å². The molecule has 1 heterocycles. The van der Waals surface area contributed by atoms with Crippen molar-refractivity contribution in [1.82, 2.24) is 9.13 Å². The maximum Gasteiger partial charge on any atom is 0.333 e. The third kappa shape index (κ3) is 2.33. The van der Waals surface area contributed by atoms with Crippen molar-refractivity contribution in [3.05, 3.63) is 40.3 Å². The van der Waals surface area contributed by atoms with Crippen molar-refractivity contribution >= 4 is 39.9 Å². The first-order chi connectivity index (χ1) is 9.72. The van der Waals surface area contributed by atoms with E-state index >= 15 is 0 Å². The van der Waals surface area contributed by atoms with E-state index in [0.717, 1.165) is 28.6 Å². The summed E-state index contributed by atoms with van der Waals surface area (Å²) in [5, 5.41) is 0. The van der Waals surface area contributed by atoms with Crippen LogP contribution < -0.4 is 5.69 Å². The number of allylic oxidation sites excluding steroid dienone is 1. The summed E-state index contributed by atoms with van der Waals surface area (Å²) in [5.74, 6) is 0.129. The van der Waals surface area contributed by atoms with E-state index in [-0.39, 0.29) is 11.6 Å². The van der Waals surface area contributed by atoms with Crippen molar-refractivity contribution in [3.63, 3.8) is 0 Å². The van der Waals surface area contributed by atoms with Crippen molar-refractivity contribution in [2.75, 3.05) is 0 Å². The van der Waals surface area contributed by atoms with Gasteiger partial charge in [0.15, 0.2) is 0 Å². The molecule has 1 aliphatic carbocycles. The van der Waals surface area contributed by atoms with Gasteiger partial charge >= 0.3 is 5.69 Å². The Kier molecular flexibility index (Phi) is 3.26. The summed E-state index contributed by atoms with van der Waals surface area (Å²) in [5.41, 5.74) is 4.77. The number of nitrogens with zero attached hydrogens (tertiary/aromatic N) is 2. The maximum atomic E-state index is 12.7. The number of halogens is 2. The highest BCUT2D eigenvalue weighted by molar-refractivity contribution is 6.50. The van der Waals surface area contributed by atoms with E-state index in [0.29, 0.717) is 12.2 Å². The summed E-state index contributed by atoms with van der Waals surface area (Å²) in [7, 11) is 0. The predicted molar refractivity (Wildman–Crippen MR) is 89.2 cm³/mol. The molecule has 0 bridgehead atoms. The molecule has 0 aliphatic heterocycles. The summed E-state index contributed by atoms with van der Waals surface area (Å²) >= 11 is 12.2. The topological polar surface area (TPSA) is 26.9 Å². The maximum absolute atomic E-state index is 12.7. The first-order valence-corrected chi connectivity index (χ1v) is 7.74. The van der Waals surface area contributed by atoms with E-state index in [1.165, 1.54) is 0 Å². The van der Waals surface area contributed by atoms with Crippen LogP contribution in [0.25, 0.3) is 16.7 Å². The number of alkyl halides is 2. The molecular weight excluding hydrogens is 307 g/mol. The van der Waals surface area contributed by atoms with Crippen LogP contribution in [0, 0.1) is 19.8 Å². The van der Waals surface area contributed by atoms with Gasteiger partial charge in [-0.2, -0.15) is 0 Å². The zero-order chi connectivity index (χ0) is 15.5. The number of hydrogen-bond donors (Lipinski definition) is 0. The highest BCUT2D eigenvalue weighted by Crippen LogP contribution is 2.53. The van der Waals surface area contributed by atoms with E-state index in [2.05, 4.69) is 12.6 Å². The zero-order valence-electron chi connectivity index (χ0n) is 12.4. The van der Waals surface area contributed by atoms with Gasteiger partial charge in [-0.25, -0.2) is 4.79 Å². The molecule has 2 aromatic rings. The number of fused-ring (bicyclic) bond motifs is 1. The second-order valence-corrected chi connectivity index (χ2v) is 7.59. The molecule has 21 heavy (non-hydrogen) atoms. The normalized spacial score (nSPS) is 20.0. The lowest BCUT2D eigenvalue weighted by Gasteiger charge is -2.05. The first kappa shape index (κ1) is 14.7. The minimum atomic E-state index is -0.684. The number of benzene rings is 1. The van der Waals surface area contributed by atoms with Gasteiger partial charge in [-0.1, -0.05) is 6.58 Å². The molecule has 1 aliphatic rings. The Morgan fingerprint density at radius 3 is 2.33 bits per heavy atom. The minimum Gasteiger partial charge on any atom is -0.291 e. The van der Waals surface area contributed by atoms with Gasteiger partial charge in [0.25, 0.3) is 0 Å². The second kappa shape index (κ2) is 4.65. The Morgan fingerprint density at radius 2 is 1.86 bits per heavy atom. The Bertz CT molecular complexity index is 814. The van der Waals surface area contributed by atoms with Gasteiger partial charge in [0, 0.05) is 18.2 Å². The molecule has 0 spiro atoms. The summed E-state index contributed by atoms with van der Waals surface area (Å²) in [4.78, 5) is 12.7. The number of aromatic nitrogens is 2. The van der Waals surface area contributed by atoms with Gasteiger partial charge in [0.2, 0.25) is 0 Å². The lowest BCUT2D eigenvalue weighted by molar-refractivity contribution is 0.612. The number of aryl methyl sites for hydroxylation is 2. The van der Waals surface area contributed by atoms with Crippen LogP contribution in [0.1, 0.15) is 24.5 Å². The molecule has 1 aromatic carbocycles. The molecular formula is C16H18Cl2N2O. The fourth-order valence-electron chi connectivity index (χ4n) is 2.74. The summed E-state index contributed by atoms with van der Waals surface area (Å²) in [6.45, 7) is 10.4. The average molecular weight is 325 g/mol.